The van der Waals surface area contributed by atoms with Crippen LogP contribution in [-0.2, 0) is 4.79 Å². The van der Waals surface area contributed by atoms with Crippen molar-refractivity contribution in [1.82, 2.24) is 10.2 Å². The highest BCUT2D eigenvalue weighted by molar-refractivity contribution is 6.30. The number of halogens is 1. The number of hydrogen-bond donors (Lipinski definition) is 2. The number of carboxylic acids is 1. The summed E-state index contributed by atoms with van der Waals surface area (Å²) < 4.78 is 0. The van der Waals surface area contributed by atoms with Crippen molar-refractivity contribution in [3.63, 3.8) is 0 Å². The molecule has 0 amide bonds. The number of nitrogens with zero attached hydrogens (tertiary/aromatic N) is 1. The van der Waals surface area contributed by atoms with Crippen LogP contribution < -0.4 is 5.56 Å². The molecule has 0 unspecified atom stereocenters. The minimum atomic E-state index is -1.12. The average molecular weight is 277 g/mol. The van der Waals surface area contributed by atoms with Crippen LogP contribution in [0.15, 0.2) is 41.2 Å². The molecule has 2 aromatic rings. The first-order valence-electron chi connectivity index (χ1n) is 5.33. The van der Waals surface area contributed by atoms with Crippen LogP contribution >= 0.6 is 11.6 Å². The average Bonchev–Trinajstić information content (AvgIpc) is 2.39. The zero-order chi connectivity index (χ0) is 13.8. The zero-order valence-corrected chi connectivity index (χ0v) is 10.4. The largest absolute Gasteiger partial charge is 0.478 e. The molecule has 0 fully saturated rings. The van der Waals surface area contributed by atoms with Gasteiger partial charge in [-0.3, -0.25) is 4.79 Å². The van der Waals surface area contributed by atoms with Crippen molar-refractivity contribution < 1.29 is 9.90 Å². The summed E-state index contributed by atoms with van der Waals surface area (Å²) >= 11 is 5.79. The molecule has 0 aliphatic heterocycles. The fourth-order valence-electron chi connectivity index (χ4n) is 1.47. The van der Waals surface area contributed by atoms with E-state index in [2.05, 4.69) is 10.2 Å². The van der Waals surface area contributed by atoms with E-state index in [9.17, 15) is 9.59 Å². The minimum Gasteiger partial charge on any atom is -0.478 e. The number of aromatic amines is 1. The molecule has 0 saturated heterocycles. The van der Waals surface area contributed by atoms with Gasteiger partial charge in [0.15, 0.2) is 0 Å². The van der Waals surface area contributed by atoms with Gasteiger partial charge in [0.1, 0.15) is 0 Å². The fourth-order valence-corrected chi connectivity index (χ4v) is 1.60. The standard InChI is InChI=1S/C13H9ClN2O3/c14-10-4-1-8(2-5-10)11-7-9(3-6-12(17)18)13(19)16-15-11/h1-7H,(H,16,19)(H,17,18)/b6-3+. The van der Waals surface area contributed by atoms with E-state index < -0.39 is 11.5 Å². The summed E-state index contributed by atoms with van der Waals surface area (Å²) in [6.07, 6.45) is 2.12. The SMILES string of the molecule is O=C(O)/C=C/c1cc(-c2ccc(Cl)cc2)n[nH]c1=O. The van der Waals surface area contributed by atoms with E-state index in [1.807, 2.05) is 0 Å². The predicted octanol–water partition coefficient (Wildman–Crippen LogP) is 2.19. The quantitative estimate of drug-likeness (QED) is 0.842. The predicted molar refractivity (Wildman–Crippen MR) is 72.0 cm³/mol. The highest BCUT2D eigenvalue weighted by Crippen LogP contribution is 2.19. The van der Waals surface area contributed by atoms with Gasteiger partial charge >= 0.3 is 5.97 Å². The molecule has 1 aromatic heterocycles. The first-order valence-corrected chi connectivity index (χ1v) is 5.71. The van der Waals surface area contributed by atoms with Gasteiger partial charge in [-0.25, -0.2) is 9.89 Å². The first kappa shape index (κ1) is 13.0. The molecule has 0 saturated carbocycles. The van der Waals surface area contributed by atoms with Crippen LogP contribution in [0.5, 0.6) is 0 Å². The normalized spacial score (nSPS) is 10.8. The number of rotatable bonds is 3. The number of aliphatic carboxylic acids is 1. The van der Waals surface area contributed by atoms with E-state index in [-0.39, 0.29) is 5.56 Å². The van der Waals surface area contributed by atoms with Gasteiger partial charge in [-0.15, -0.1) is 0 Å². The maximum atomic E-state index is 11.5. The van der Waals surface area contributed by atoms with Crippen molar-refractivity contribution in [3.8, 4) is 11.3 Å². The summed E-state index contributed by atoms with van der Waals surface area (Å²) in [5.41, 5.74) is 1.07. The van der Waals surface area contributed by atoms with Crippen LogP contribution in [0.3, 0.4) is 0 Å². The molecule has 1 heterocycles. The van der Waals surface area contributed by atoms with Gasteiger partial charge in [-0.1, -0.05) is 23.7 Å². The fraction of sp³-hybridized carbons (Fsp3) is 0. The number of benzene rings is 1. The summed E-state index contributed by atoms with van der Waals surface area (Å²) in [5, 5.41) is 15.4. The van der Waals surface area contributed by atoms with Gasteiger partial charge in [-0.2, -0.15) is 5.10 Å². The number of H-pyrrole nitrogens is 1. The molecule has 0 aliphatic carbocycles. The van der Waals surface area contributed by atoms with Crippen molar-refractivity contribution in [2.45, 2.75) is 0 Å². The second-order valence-corrected chi connectivity index (χ2v) is 4.15. The van der Waals surface area contributed by atoms with Crippen molar-refractivity contribution in [3.05, 3.63) is 57.3 Å². The Labute approximate surface area is 113 Å². The Hall–Kier alpha value is -2.40. The lowest BCUT2D eigenvalue weighted by Gasteiger charge is -2.01. The Morgan fingerprint density at radius 3 is 2.63 bits per heavy atom. The third kappa shape index (κ3) is 3.29. The monoisotopic (exact) mass is 276 g/mol. The van der Waals surface area contributed by atoms with Gasteiger partial charge < -0.3 is 5.11 Å². The molecule has 0 aliphatic rings. The highest BCUT2D eigenvalue weighted by atomic mass is 35.5. The Morgan fingerprint density at radius 1 is 1.32 bits per heavy atom. The lowest BCUT2D eigenvalue weighted by atomic mass is 10.1. The molecule has 2 rings (SSSR count). The molecular formula is C13H9ClN2O3. The van der Waals surface area contributed by atoms with Crippen LogP contribution in [0.4, 0.5) is 0 Å². The first-order chi connectivity index (χ1) is 9.06. The highest BCUT2D eigenvalue weighted by Gasteiger charge is 2.03. The number of nitrogens with one attached hydrogen (secondary N) is 1. The number of carbonyl (C=O) groups is 1. The van der Waals surface area contributed by atoms with Crippen LogP contribution in [-0.4, -0.2) is 21.3 Å². The maximum absolute atomic E-state index is 11.5. The molecule has 1 aromatic carbocycles. The van der Waals surface area contributed by atoms with E-state index >= 15 is 0 Å². The van der Waals surface area contributed by atoms with E-state index in [0.29, 0.717) is 10.7 Å². The molecule has 0 spiro atoms. The molecule has 19 heavy (non-hydrogen) atoms. The number of hydrogen-bond acceptors (Lipinski definition) is 3. The van der Waals surface area contributed by atoms with E-state index in [1.54, 1.807) is 24.3 Å². The van der Waals surface area contributed by atoms with Gasteiger partial charge in [0.05, 0.1) is 5.69 Å². The summed E-state index contributed by atoms with van der Waals surface area (Å²) in [4.78, 5) is 21.9. The second-order valence-electron chi connectivity index (χ2n) is 3.72. The topological polar surface area (TPSA) is 83.0 Å². The lowest BCUT2D eigenvalue weighted by Crippen LogP contribution is -2.11. The number of aromatic nitrogens is 2. The second kappa shape index (κ2) is 5.49. The lowest BCUT2D eigenvalue weighted by molar-refractivity contribution is -0.131. The molecular weight excluding hydrogens is 268 g/mol. The molecule has 0 radical (unpaired) electrons. The van der Waals surface area contributed by atoms with Crippen LogP contribution in [0.1, 0.15) is 5.56 Å². The zero-order valence-electron chi connectivity index (χ0n) is 9.63. The van der Waals surface area contributed by atoms with E-state index in [4.69, 9.17) is 16.7 Å². The molecule has 96 valence electrons. The van der Waals surface area contributed by atoms with Gasteiger partial charge in [-0.05, 0) is 24.3 Å². The van der Waals surface area contributed by atoms with Crippen molar-refractivity contribution in [1.29, 1.82) is 0 Å². The maximum Gasteiger partial charge on any atom is 0.328 e. The summed E-state index contributed by atoms with van der Waals surface area (Å²) in [6, 6.07) is 8.44. The van der Waals surface area contributed by atoms with Crippen molar-refractivity contribution in [2.75, 3.05) is 0 Å². The minimum absolute atomic E-state index is 0.224. The summed E-state index contributed by atoms with van der Waals surface area (Å²) in [7, 11) is 0. The van der Waals surface area contributed by atoms with Crippen molar-refractivity contribution in [2.24, 2.45) is 0 Å². The molecule has 6 heteroatoms. The van der Waals surface area contributed by atoms with Crippen LogP contribution in [0.2, 0.25) is 5.02 Å². The van der Waals surface area contributed by atoms with E-state index in [1.165, 1.54) is 12.1 Å². The number of carboxylic acid groups (broad SMARTS) is 1. The third-order valence-corrected chi connectivity index (χ3v) is 2.63. The van der Waals surface area contributed by atoms with Gasteiger partial charge in [0.25, 0.3) is 5.56 Å². The smallest absolute Gasteiger partial charge is 0.328 e. The Kier molecular flexibility index (Phi) is 3.77. The molecule has 0 atom stereocenters. The Bertz CT molecular complexity index is 690. The summed E-state index contributed by atoms with van der Waals surface area (Å²) in [6.45, 7) is 0. The molecule has 5 nitrogen and oxygen atoms in total. The van der Waals surface area contributed by atoms with E-state index in [0.717, 1.165) is 11.6 Å². The molecule has 2 N–H and O–H groups in total. The van der Waals surface area contributed by atoms with Crippen LogP contribution in [0, 0.1) is 0 Å². The Balaban J connectivity index is 2.43. The van der Waals surface area contributed by atoms with Crippen LogP contribution in [0.25, 0.3) is 17.3 Å². The van der Waals surface area contributed by atoms with Gasteiger partial charge in [0.2, 0.25) is 0 Å². The third-order valence-electron chi connectivity index (χ3n) is 2.38. The molecule has 0 bridgehead atoms. The van der Waals surface area contributed by atoms with Gasteiger partial charge in [0, 0.05) is 22.2 Å². The summed E-state index contributed by atoms with van der Waals surface area (Å²) in [5.74, 6) is -1.12. The Morgan fingerprint density at radius 2 is 2.00 bits per heavy atom. The van der Waals surface area contributed by atoms with Crippen molar-refractivity contribution >= 4 is 23.6 Å².